The summed E-state index contributed by atoms with van der Waals surface area (Å²) >= 11 is 3.20. The minimum Gasteiger partial charge on any atom is -0.325 e. The van der Waals surface area contributed by atoms with Gasteiger partial charge in [0.05, 0.1) is 10.9 Å². The summed E-state index contributed by atoms with van der Waals surface area (Å²) in [4.78, 5) is 16.9. The lowest BCUT2D eigenvalue weighted by Crippen LogP contribution is -2.23. The molecule has 22 heavy (non-hydrogen) atoms. The largest absolute Gasteiger partial charge is 0.325 e. The molecular formula is C17H16N2OS2. The van der Waals surface area contributed by atoms with E-state index in [1.54, 1.807) is 11.8 Å². The van der Waals surface area contributed by atoms with Gasteiger partial charge in [0.25, 0.3) is 0 Å². The Morgan fingerprint density at radius 3 is 2.73 bits per heavy atom. The Labute approximate surface area is 138 Å². The first-order chi connectivity index (χ1) is 10.7. The Hall–Kier alpha value is -1.72. The van der Waals surface area contributed by atoms with Crippen molar-refractivity contribution >= 4 is 45.2 Å². The van der Waals surface area contributed by atoms with E-state index in [4.69, 9.17) is 0 Å². The molecule has 5 heteroatoms. The van der Waals surface area contributed by atoms with Gasteiger partial charge < -0.3 is 5.32 Å². The molecule has 112 valence electrons. The van der Waals surface area contributed by atoms with Crippen LogP contribution in [0.3, 0.4) is 0 Å². The Morgan fingerprint density at radius 2 is 1.91 bits per heavy atom. The molecule has 1 aliphatic rings. The second kappa shape index (κ2) is 7.03. The summed E-state index contributed by atoms with van der Waals surface area (Å²) in [6.45, 7) is 1.91. The molecule has 0 saturated carbocycles. The Kier molecular flexibility index (Phi) is 4.85. The lowest BCUT2D eigenvalue weighted by Gasteiger charge is -2.17. The SMILES string of the molecule is C[C@@H](SC1=Nc2ccccc2CS1)C(=O)Nc1ccccc1. The van der Waals surface area contributed by atoms with Crippen LogP contribution in [0, 0.1) is 0 Å². The maximum Gasteiger partial charge on any atom is 0.237 e. The first-order valence-corrected chi connectivity index (χ1v) is 8.91. The summed E-state index contributed by atoms with van der Waals surface area (Å²) in [5.74, 6) is 0.910. The molecule has 0 aliphatic carbocycles. The zero-order valence-corrected chi connectivity index (χ0v) is 13.8. The first-order valence-electron chi connectivity index (χ1n) is 7.04. The number of nitrogens with zero attached hydrogens (tertiary/aromatic N) is 1. The Morgan fingerprint density at radius 1 is 1.18 bits per heavy atom. The smallest absolute Gasteiger partial charge is 0.237 e. The molecule has 1 atom stereocenters. The molecule has 2 aromatic carbocycles. The molecule has 3 rings (SSSR count). The van der Waals surface area contributed by atoms with Crippen molar-refractivity contribution in [3.05, 3.63) is 60.2 Å². The van der Waals surface area contributed by atoms with Crippen LogP contribution in [-0.4, -0.2) is 15.5 Å². The van der Waals surface area contributed by atoms with Crippen LogP contribution in [0.1, 0.15) is 12.5 Å². The number of para-hydroxylation sites is 2. The normalized spacial score (nSPS) is 14.7. The second-order valence-corrected chi connectivity index (χ2v) is 7.46. The van der Waals surface area contributed by atoms with Gasteiger partial charge in [-0.2, -0.15) is 0 Å². The fourth-order valence-electron chi connectivity index (χ4n) is 2.04. The molecule has 2 aromatic rings. The van der Waals surface area contributed by atoms with E-state index in [-0.39, 0.29) is 11.2 Å². The van der Waals surface area contributed by atoms with Gasteiger partial charge >= 0.3 is 0 Å². The number of amides is 1. The summed E-state index contributed by atoms with van der Waals surface area (Å²) < 4.78 is 0.953. The number of fused-ring (bicyclic) bond motifs is 1. The molecule has 0 bridgehead atoms. The number of nitrogens with one attached hydrogen (secondary N) is 1. The zero-order valence-electron chi connectivity index (χ0n) is 12.2. The fraction of sp³-hybridized carbons (Fsp3) is 0.176. The highest BCUT2D eigenvalue weighted by atomic mass is 32.2. The third kappa shape index (κ3) is 3.72. The quantitative estimate of drug-likeness (QED) is 0.889. The van der Waals surface area contributed by atoms with Crippen LogP contribution in [0.15, 0.2) is 59.6 Å². The van der Waals surface area contributed by atoms with E-state index in [1.165, 1.54) is 17.3 Å². The molecule has 1 amide bonds. The highest BCUT2D eigenvalue weighted by molar-refractivity contribution is 8.39. The molecule has 0 saturated heterocycles. The standard InChI is InChI=1S/C17H16N2OS2/c1-12(16(20)18-14-8-3-2-4-9-14)22-17-19-15-10-6-5-7-13(15)11-21-17/h2-10,12H,11H2,1H3,(H,18,20)/t12-/m1/s1. The monoisotopic (exact) mass is 328 g/mol. The molecule has 0 radical (unpaired) electrons. The number of benzene rings is 2. The highest BCUT2D eigenvalue weighted by Crippen LogP contribution is 2.35. The van der Waals surface area contributed by atoms with Crippen LogP contribution in [-0.2, 0) is 10.5 Å². The Bertz CT molecular complexity index is 701. The van der Waals surface area contributed by atoms with Gasteiger partial charge in [0.2, 0.25) is 5.91 Å². The average molecular weight is 328 g/mol. The van der Waals surface area contributed by atoms with Crippen LogP contribution in [0.5, 0.6) is 0 Å². The predicted octanol–water partition coefficient (Wildman–Crippen LogP) is 4.68. The summed E-state index contributed by atoms with van der Waals surface area (Å²) in [5, 5.41) is 2.74. The molecular weight excluding hydrogens is 312 g/mol. The van der Waals surface area contributed by atoms with E-state index in [0.717, 1.165) is 21.5 Å². The maximum atomic E-state index is 12.2. The van der Waals surface area contributed by atoms with Crippen molar-refractivity contribution in [3.63, 3.8) is 0 Å². The molecule has 3 nitrogen and oxygen atoms in total. The average Bonchev–Trinajstić information content (AvgIpc) is 2.55. The predicted molar refractivity (Wildman–Crippen MR) is 97.0 cm³/mol. The zero-order chi connectivity index (χ0) is 15.4. The van der Waals surface area contributed by atoms with Crippen LogP contribution in [0.2, 0.25) is 0 Å². The van der Waals surface area contributed by atoms with Crippen molar-refractivity contribution in [1.82, 2.24) is 0 Å². The van der Waals surface area contributed by atoms with E-state index in [1.807, 2.05) is 55.5 Å². The minimum atomic E-state index is -0.184. The first kappa shape index (κ1) is 15.2. The summed E-state index contributed by atoms with van der Waals surface area (Å²) in [6.07, 6.45) is 0. The highest BCUT2D eigenvalue weighted by Gasteiger charge is 2.20. The number of rotatable bonds is 3. The van der Waals surface area contributed by atoms with Crippen LogP contribution in [0.25, 0.3) is 0 Å². The molecule has 0 unspecified atom stereocenters. The number of anilines is 1. The van der Waals surface area contributed by atoms with Crippen molar-refractivity contribution in [2.45, 2.75) is 17.9 Å². The third-order valence-electron chi connectivity index (χ3n) is 3.24. The summed E-state index contributed by atoms with van der Waals surface area (Å²) in [5.41, 5.74) is 3.08. The van der Waals surface area contributed by atoms with Crippen LogP contribution in [0.4, 0.5) is 11.4 Å². The number of hydrogen-bond donors (Lipinski definition) is 1. The van der Waals surface area contributed by atoms with Gasteiger partial charge in [-0.25, -0.2) is 4.99 Å². The summed E-state index contributed by atoms with van der Waals surface area (Å²) in [7, 11) is 0. The van der Waals surface area contributed by atoms with E-state index < -0.39 is 0 Å². The van der Waals surface area contributed by atoms with E-state index in [0.29, 0.717) is 0 Å². The topological polar surface area (TPSA) is 41.5 Å². The van der Waals surface area contributed by atoms with Crippen molar-refractivity contribution in [2.24, 2.45) is 4.99 Å². The van der Waals surface area contributed by atoms with Gasteiger partial charge in [-0.1, -0.05) is 59.9 Å². The van der Waals surface area contributed by atoms with Gasteiger partial charge in [0.15, 0.2) is 0 Å². The molecule has 1 N–H and O–H groups in total. The van der Waals surface area contributed by atoms with Crippen LogP contribution < -0.4 is 5.32 Å². The van der Waals surface area contributed by atoms with Gasteiger partial charge in [-0.15, -0.1) is 0 Å². The number of aliphatic imine (C=N–C) groups is 1. The Balaban J connectivity index is 1.64. The van der Waals surface area contributed by atoms with Crippen LogP contribution >= 0.6 is 23.5 Å². The van der Waals surface area contributed by atoms with E-state index in [9.17, 15) is 4.79 Å². The van der Waals surface area contributed by atoms with Crippen molar-refractivity contribution in [1.29, 1.82) is 0 Å². The molecule has 0 aromatic heterocycles. The molecule has 1 heterocycles. The molecule has 0 fully saturated rings. The van der Waals surface area contributed by atoms with Gasteiger partial charge in [0, 0.05) is 11.4 Å². The van der Waals surface area contributed by atoms with Gasteiger partial charge in [-0.05, 0) is 30.7 Å². The van der Waals surface area contributed by atoms with E-state index in [2.05, 4.69) is 16.4 Å². The van der Waals surface area contributed by atoms with E-state index >= 15 is 0 Å². The lowest BCUT2D eigenvalue weighted by molar-refractivity contribution is -0.115. The number of thioether (sulfide) groups is 2. The lowest BCUT2D eigenvalue weighted by atomic mass is 10.2. The maximum absolute atomic E-state index is 12.2. The number of carbonyl (C=O) groups excluding carboxylic acids is 1. The third-order valence-corrected chi connectivity index (χ3v) is 5.54. The van der Waals surface area contributed by atoms with Gasteiger partial charge in [-0.3, -0.25) is 4.79 Å². The fourth-order valence-corrected chi connectivity index (χ4v) is 4.23. The van der Waals surface area contributed by atoms with Crippen molar-refractivity contribution in [2.75, 3.05) is 5.32 Å². The molecule has 1 aliphatic heterocycles. The minimum absolute atomic E-state index is 0.00152. The second-order valence-electron chi connectivity index (χ2n) is 4.91. The molecule has 0 spiro atoms. The number of hydrogen-bond acceptors (Lipinski definition) is 4. The van der Waals surface area contributed by atoms with Gasteiger partial charge in [0.1, 0.15) is 4.38 Å². The number of carbonyl (C=O) groups is 1. The van der Waals surface area contributed by atoms with Crippen molar-refractivity contribution in [3.8, 4) is 0 Å². The van der Waals surface area contributed by atoms with Crippen molar-refractivity contribution < 1.29 is 4.79 Å². The summed E-state index contributed by atoms with van der Waals surface area (Å²) in [6, 6.07) is 17.7.